The average molecular weight is 375 g/mol. The Kier molecular flexibility index (Phi) is 5.46. The van der Waals surface area contributed by atoms with E-state index in [9.17, 15) is 4.79 Å². The molecule has 1 aliphatic rings. The highest BCUT2D eigenvalue weighted by Gasteiger charge is 2.18. The molecular weight excluding hydrogens is 350 g/mol. The van der Waals surface area contributed by atoms with Crippen molar-refractivity contribution >= 4 is 28.3 Å². The van der Waals surface area contributed by atoms with Crippen molar-refractivity contribution in [1.82, 2.24) is 20.3 Å². The Morgan fingerprint density at radius 3 is 2.64 bits per heavy atom. The van der Waals surface area contributed by atoms with E-state index in [1.165, 1.54) is 25.7 Å². The number of carbonyl (C=O) groups excluding carboxylic acids is 1. The summed E-state index contributed by atoms with van der Waals surface area (Å²) in [5, 5.41) is 7.50. The summed E-state index contributed by atoms with van der Waals surface area (Å²) in [5.74, 6) is 1.03. The fourth-order valence-corrected chi connectivity index (χ4v) is 3.77. The second kappa shape index (κ2) is 8.33. The van der Waals surface area contributed by atoms with Gasteiger partial charge in [0.05, 0.1) is 11.2 Å². The quantitative estimate of drug-likeness (QED) is 0.655. The first-order valence-electron chi connectivity index (χ1n) is 9.96. The van der Waals surface area contributed by atoms with Gasteiger partial charge in [-0.15, -0.1) is 0 Å². The van der Waals surface area contributed by atoms with E-state index in [4.69, 9.17) is 0 Å². The van der Waals surface area contributed by atoms with Crippen LogP contribution in [0.4, 0.5) is 11.5 Å². The van der Waals surface area contributed by atoms with Gasteiger partial charge in [-0.1, -0.05) is 43.9 Å². The van der Waals surface area contributed by atoms with Crippen LogP contribution in [0, 0.1) is 6.92 Å². The maximum absolute atomic E-state index is 12.8. The predicted octanol–water partition coefficient (Wildman–Crippen LogP) is 4.53. The molecule has 1 amide bonds. The third-order valence-corrected chi connectivity index (χ3v) is 5.16. The highest BCUT2D eigenvalue weighted by atomic mass is 16.1. The largest absolute Gasteiger partial charge is 0.348 e. The molecule has 1 saturated carbocycles. The smallest absolute Gasteiger partial charge is 0.270 e. The lowest BCUT2D eigenvalue weighted by Crippen LogP contribution is -2.35. The number of benzene rings is 1. The molecule has 144 valence electrons. The number of nitrogens with one attached hydrogen (secondary N) is 2. The summed E-state index contributed by atoms with van der Waals surface area (Å²) in [4.78, 5) is 26.0. The summed E-state index contributed by atoms with van der Waals surface area (Å²) >= 11 is 0. The summed E-state index contributed by atoms with van der Waals surface area (Å²) in [7, 11) is 0. The summed E-state index contributed by atoms with van der Waals surface area (Å²) in [6, 6.07) is 11.8. The first-order valence-corrected chi connectivity index (χ1v) is 9.96. The second-order valence-corrected chi connectivity index (χ2v) is 7.35. The van der Waals surface area contributed by atoms with Gasteiger partial charge in [-0.2, -0.15) is 0 Å². The SMILES string of the molecule is Cc1nc(Nc2cccc3cccnc23)cc(C(=O)NC2CCCCCC2)n1. The number of carbonyl (C=O) groups is 1. The number of aromatic nitrogens is 3. The molecule has 0 spiro atoms. The van der Waals surface area contributed by atoms with Crippen molar-refractivity contribution in [3.63, 3.8) is 0 Å². The minimum absolute atomic E-state index is 0.128. The van der Waals surface area contributed by atoms with Gasteiger partial charge in [-0.05, 0) is 31.9 Å². The van der Waals surface area contributed by atoms with Crippen molar-refractivity contribution in [2.75, 3.05) is 5.32 Å². The fraction of sp³-hybridized carbons (Fsp3) is 0.364. The maximum Gasteiger partial charge on any atom is 0.270 e. The van der Waals surface area contributed by atoms with E-state index in [-0.39, 0.29) is 11.9 Å². The molecule has 6 heteroatoms. The highest BCUT2D eigenvalue weighted by molar-refractivity contribution is 5.94. The van der Waals surface area contributed by atoms with E-state index >= 15 is 0 Å². The van der Waals surface area contributed by atoms with Crippen LogP contribution in [0.5, 0.6) is 0 Å². The van der Waals surface area contributed by atoms with Crippen molar-refractivity contribution in [3.8, 4) is 0 Å². The molecule has 0 bridgehead atoms. The zero-order chi connectivity index (χ0) is 19.3. The van der Waals surface area contributed by atoms with Gasteiger partial charge in [0.25, 0.3) is 5.91 Å². The van der Waals surface area contributed by atoms with E-state index in [0.717, 1.165) is 29.4 Å². The third-order valence-electron chi connectivity index (χ3n) is 5.16. The summed E-state index contributed by atoms with van der Waals surface area (Å²) in [6.07, 6.45) is 8.72. The molecule has 6 nitrogen and oxygen atoms in total. The molecular formula is C22H25N5O. The summed E-state index contributed by atoms with van der Waals surface area (Å²) in [6.45, 7) is 1.80. The Labute approximate surface area is 164 Å². The number of anilines is 2. The zero-order valence-corrected chi connectivity index (χ0v) is 16.1. The Morgan fingerprint density at radius 2 is 1.82 bits per heavy atom. The van der Waals surface area contributed by atoms with Gasteiger partial charge >= 0.3 is 0 Å². The molecule has 2 N–H and O–H groups in total. The zero-order valence-electron chi connectivity index (χ0n) is 16.1. The van der Waals surface area contributed by atoms with Crippen molar-refractivity contribution in [1.29, 1.82) is 0 Å². The van der Waals surface area contributed by atoms with Crippen molar-refractivity contribution in [3.05, 3.63) is 54.1 Å². The molecule has 0 unspecified atom stereocenters. The van der Waals surface area contributed by atoms with Crippen molar-refractivity contribution < 1.29 is 4.79 Å². The Hall–Kier alpha value is -3.02. The Bertz CT molecular complexity index is 974. The van der Waals surface area contributed by atoms with Crippen LogP contribution in [0.25, 0.3) is 10.9 Å². The molecule has 0 saturated heterocycles. The average Bonchev–Trinajstić information content (AvgIpc) is 2.96. The van der Waals surface area contributed by atoms with Gasteiger partial charge in [0.15, 0.2) is 0 Å². The third kappa shape index (κ3) is 4.27. The van der Waals surface area contributed by atoms with Gasteiger partial charge in [0.2, 0.25) is 0 Å². The normalized spacial score (nSPS) is 15.2. The number of hydrogen-bond acceptors (Lipinski definition) is 5. The van der Waals surface area contributed by atoms with Crippen LogP contribution in [0.3, 0.4) is 0 Å². The predicted molar refractivity (Wildman–Crippen MR) is 111 cm³/mol. The molecule has 0 radical (unpaired) electrons. The summed E-state index contributed by atoms with van der Waals surface area (Å²) < 4.78 is 0. The second-order valence-electron chi connectivity index (χ2n) is 7.35. The lowest BCUT2D eigenvalue weighted by molar-refractivity contribution is 0.0928. The Balaban J connectivity index is 1.55. The van der Waals surface area contributed by atoms with Gasteiger partial charge in [0, 0.05) is 23.7 Å². The molecule has 4 rings (SSSR count). The minimum atomic E-state index is -0.128. The topological polar surface area (TPSA) is 79.8 Å². The van der Waals surface area contributed by atoms with Gasteiger partial charge in [-0.25, -0.2) is 9.97 Å². The first kappa shape index (κ1) is 18.3. The number of aryl methyl sites for hydroxylation is 1. The van der Waals surface area contributed by atoms with E-state index < -0.39 is 0 Å². The lowest BCUT2D eigenvalue weighted by Gasteiger charge is -2.16. The van der Waals surface area contributed by atoms with Crippen molar-refractivity contribution in [2.45, 2.75) is 51.5 Å². The Morgan fingerprint density at radius 1 is 1.04 bits per heavy atom. The van der Waals surface area contributed by atoms with Gasteiger partial charge < -0.3 is 10.6 Å². The minimum Gasteiger partial charge on any atom is -0.348 e. The number of hydrogen-bond donors (Lipinski definition) is 2. The molecule has 2 aromatic heterocycles. The first-order chi connectivity index (χ1) is 13.7. The lowest BCUT2D eigenvalue weighted by atomic mass is 10.1. The number of nitrogens with zero attached hydrogens (tertiary/aromatic N) is 3. The molecule has 0 aliphatic heterocycles. The standard InChI is InChI=1S/C22H25N5O/c1-15-24-19(22(28)26-17-10-4-2-3-5-11-17)14-20(25-15)27-18-12-6-8-16-9-7-13-23-21(16)18/h6-9,12-14,17H,2-5,10-11H2,1H3,(H,26,28)(H,24,25,27). The molecule has 0 atom stereocenters. The molecule has 3 aromatic rings. The number of fused-ring (bicyclic) bond motifs is 1. The van der Waals surface area contributed by atoms with Crippen LogP contribution in [0.2, 0.25) is 0 Å². The molecule has 28 heavy (non-hydrogen) atoms. The summed E-state index contributed by atoms with van der Waals surface area (Å²) in [5.41, 5.74) is 2.12. The van der Waals surface area contributed by atoms with E-state index in [1.54, 1.807) is 19.2 Å². The van der Waals surface area contributed by atoms with E-state index in [0.29, 0.717) is 17.3 Å². The van der Waals surface area contributed by atoms with Crippen LogP contribution in [-0.2, 0) is 0 Å². The van der Waals surface area contributed by atoms with Gasteiger partial charge in [0.1, 0.15) is 17.3 Å². The number of amides is 1. The van der Waals surface area contributed by atoms with Crippen LogP contribution < -0.4 is 10.6 Å². The monoisotopic (exact) mass is 375 g/mol. The molecule has 1 fully saturated rings. The highest BCUT2D eigenvalue weighted by Crippen LogP contribution is 2.24. The van der Waals surface area contributed by atoms with Crippen LogP contribution in [-0.4, -0.2) is 26.9 Å². The van der Waals surface area contributed by atoms with Gasteiger partial charge in [-0.3, -0.25) is 9.78 Å². The fourth-order valence-electron chi connectivity index (χ4n) is 3.77. The molecule has 2 heterocycles. The van der Waals surface area contributed by atoms with Crippen LogP contribution in [0.15, 0.2) is 42.6 Å². The number of para-hydroxylation sites is 1. The van der Waals surface area contributed by atoms with Crippen LogP contribution in [0.1, 0.15) is 54.8 Å². The number of rotatable bonds is 4. The number of pyridine rings is 1. The maximum atomic E-state index is 12.8. The van der Waals surface area contributed by atoms with E-state index in [1.807, 2.05) is 30.3 Å². The van der Waals surface area contributed by atoms with Crippen LogP contribution >= 0.6 is 0 Å². The van der Waals surface area contributed by atoms with E-state index in [2.05, 4.69) is 25.6 Å². The molecule has 1 aliphatic carbocycles. The molecule has 1 aromatic carbocycles. The van der Waals surface area contributed by atoms with Crippen molar-refractivity contribution in [2.24, 2.45) is 0 Å².